The number of methoxy groups -OCH3 is 2. The SMILES string of the molecule is CCCc1nn(C)c2c(Nc3ccc(OC)c(OC)c3)nc(-c3ccc(F)cc3)nc12.Cl. The van der Waals surface area contributed by atoms with Gasteiger partial charge in [0.15, 0.2) is 23.1 Å². The van der Waals surface area contributed by atoms with Crippen molar-refractivity contribution in [1.82, 2.24) is 19.7 Å². The van der Waals surface area contributed by atoms with E-state index in [2.05, 4.69) is 17.3 Å². The maximum absolute atomic E-state index is 13.4. The Morgan fingerprint density at radius 2 is 1.72 bits per heavy atom. The Bertz CT molecular complexity index is 1230. The number of ether oxygens (including phenoxy) is 2. The Morgan fingerprint density at radius 3 is 2.38 bits per heavy atom. The average molecular weight is 458 g/mol. The highest BCUT2D eigenvalue weighted by Gasteiger charge is 2.18. The third-order valence-corrected chi connectivity index (χ3v) is 4.99. The molecule has 2 aromatic heterocycles. The summed E-state index contributed by atoms with van der Waals surface area (Å²) in [4.78, 5) is 9.53. The first kappa shape index (κ1) is 23.3. The van der Waals surface area contributed by atoms with Crippen LogP contribution in [0.1, 0.15) is 19.0 Å². The normalized spacial score (nSPS) is 10.7. The Kier molecular flexibility index (Phi) is 7.15. The molecule has 2 heterocycles. The number of benzene rings is 2. The highest BCUT2D eigenvalue weighted by Crippen LogP contribution is 2.33. The third-order valence-electron chi connectivity index (χ3n) is 4.99. The van der Waals surface area contributed by atoms with Crippen LogP contribution >= 0.6 is 12.4 Å². The van der Waals surface area contributed by atoms with E-state index in [9.17, 15) is 4.39 Å². The standard InChI is InChI=1S/C23H24FN5O2.ClH/c1-5-6-17-20-21(29(2)28-17)23(25-16-11-12-18(30-3)19(13-16)31-4)27-22(26-20)14-7-9-15(24)10-8-14;/h7-13H,5-6H2,1-4H3,(H,25,26,27);1H. The number of aromatic nitrogens is 4. The van der Waals surface area contributed by atoms with Gasteiger partial charge in [-0.3, -0.25) is 4.68 Å². The Hall–Kier alpha value is -3.39. The fourth-order valence-electron chi connectivity index (χ4n) is 3.51. The summed E-state index contributed by atoms with van der Waals surface area (Å²) in [7, 11) is 5.07. The van der Waals surface area contributed by atoms with Crippen LogP contribution in [0.3, 0.4) is 0 Å². The summed E-state index contributed by atoms with van der Waals surface area (Å²) in [5.41, 5.74) is 3.98. The topological polar surface area (TPSA) is 74.1 Å². The van der Waals surface area contributed by atoms with Crippen molar-refractivity contribution in [2.24, 2.45) is 7.05 Å². The van der Waals surface area contributed by atoms with E-state index in [-0.39, 0.29) is 18.2 Å². The molecule has 0 saturated heterocycles. The van der Waals surface area contributed by atoms with Crippen LogP contribution in [0.4, 0.5) is 15.9 Å². The van der Waals surface area contributed by atoms with E-state index in [1.54, 1.807) is 31.0 Å². The Morgan fingerprint density at radius 1 is 1.00 bits per heavy atom. The zero-order valence-electron chi connectivity index (χ0n) is 18.3. The van der Waals surface area contributed by atoms with Crippen molar-refractivity contribution in [1.29, 1.82) is 0 Å². The molecule has 0 radical (unpaired) electrons. The fraction of sp³-hybridized carbons (Fsp3) is 0.261. The van der Waals surface area contributed by atoms with Gasteiger partial charge in [-0.15, -0.1) is 12.4 Å². The summed E-state index contributed by atoms with van der Waals surface area (Å²) < 4.78 is 26.0. The van der Waals surface area contributed by atoms with Gasteiger partial charge >= 0.3 is 0 Å². The van der Waals surface area contributed by atoms with Crippen LogP contribution in [0, 0.1) is 5.82 Å². The van der Waals surface area contributed by atoms with E-state index in [1.165, 1.54) is 12.1 Å². The number of hydrogen-bond donors (Lipinski definition) is 1. The van der Waals surface area contributed by atoms with Crippen LogP contribution in [-0.2, 0) is 13.5 Å². The number of nitrogens with one attached hydrogen (secondary N) is 1. The molecule has 0 unspecified atom stereocenters. The quantitative estimate of drug-likeness (QED) is 0.405. The van der Waals surface area contributed by atoms with Crippen molar-refractivity contribution in [2.45, 2.75) is 19.8 Å². The molecular formula is C23H25ClFN5O2. The van der Waals surface area contributed by atoms with Crippen LogP contribution in [-0.4, -0.2) is 34.0 Å². The second-order valence-electron chi connectivity index (χ2n) is 7.11. The van der Waals surface area contributed by atoms with Crippen molar-refractivity contribution in [3.63, 3.8) is 0 Å². The summed E-state index contributed by atoms with van der Waals surface area (Å²) in [5.74, 6) is 2.04. The van der Waals surface area contributed by atoms with E-state index < -0.39 is 0 Å². The smallest absolute Gasteiger partial charge is 0.162 e. The van der Waals surface area contributed by atoms with Crippen LogP contribution in [0.15, 0.2) is 42.5 Å². The van der Waals surface area contributed by atoms with E-state index >= 15 is 0 Å². The summed E-state index contributed by atoms with van der Waals surface area (Å²) >= 11 is 0. The van der Waals surface area contributed by atoms with Crippen LogP contribution < -0.4 is 14.8 Å². The molecule has 32 heavy (non-hydrogen) atoms. The van der Waals surface area contributed by atoms with Gasteiger partial charge in [-0.25, -0.2) is 14.4 Å². The van der Waals surface area contributed by atoms with Gasteiger partial charge in [-0.05, 0) is 42.8 Å². The van der Waals surface area contributed by atoms with Gasteiger partial charge in [-0.1, -0.05) is 13.3 Å². The lowest BCUT2D eigenvalue weighted by Crippen LogP contribution is -2.02. The van der Waals surface area contributed by atoms with Gasteiger partial charge in [0.1, 0.15) is 16.9 Å². The third kappa shape index (κ3) is 4.45. The lowest BCUT2D eigenvalue weighted by Gasteiger charge is -2.13. The molecule has 0 spiro atoms. The molecule has 0 aliphatic carbocycles. The van der Waals surface area contributed by atoms with Crippen molar-refractivity contribution in [3.8, 4) is 22.9 Å². The van der Waals surface area contributed by atoms with Crippen molar-refractivity contribution in [2.75, 3.05) is 19.5 Å². The minimum absolute atomic E-state index is 0. The van der Waals surface area contributed by atoms with Crippen LogP contribution in [0.25, 0.3) is 22.4 Å². The zero-order chi connectivity index (χ0) is 22.0. The number of hydrogen-bond acceptors (Lipinski definition) is 6. The predicted molar refractivity (Wildman–Crippen MR) is 126 cm³/mol. The molecule has 2 aromatic carbocycles. The van der Waals surface area contributed by atoms with Gasteiger partial charge in [-0.2, -0.15) is 5.10 Å². The first-order valence-corrected chi connectivity index (χ1v) is 10.0. The van der Waals surface area contributed by atoms with Crippen molar-refractivity contribution >= 4 is 34.9 Å². The van der Waals surface area contributed by atoms with E-state index in [4.69, 9.17) is 19.4 Å². The van der Waals surface area contributed by atoms with Gasteiger partial charge in [0.2, 0.25) is 0 Å². The van der Waals surface area contributed by atoms with Gasteiger partial charge in [0.05, 0.1) is 19.9 Å². The van der Waals surface area contributed by atoms with Crippen LogP contribution in [0.2, 0.25) is 0 Å². The molecule has 168 valence electrons. The van der Waals surface area contributed by atoms with Crippen molar-refractivity contribution < 1.29 is 13.9 Å². The van der Waals surface area contributed by atoms with Crippen molar-refractivity contribution in [3.05, 3.63) is 54.0 Å². The number of nitrogens with zero attached hydrogens (tertiary/aromatic N) is 4. The molecule has 1 N–H and O–H groups in total. The minimum atomic E-state index is -0.304. The first-order valence-electron chi connectivity index (χ1n) is 10.0. The molecule has 4 aromatic rings. The molecule has 4 rings (SSSR count). The number of fused-ring (bicyclic) bond motifs is 1. The number of anilines is 2. The number of halogens is 2. The molecule has 9 heteroatoms. The molecule has 0 fully saturated rings. The summed E-state index contributed by atoms with van der Waals surface area (Å²) in [6.45, 7) is 2.10. The molecule has 0 aliphatic rings. The van der Waals surface area contributed by atoms with Crippen LogP contribution in [0.5, 0.6) is 11.5 Å². The fourth-order valence-corrected chi connectivity index (χ4v) is 3.51. The molecule has 0 atom stereocenters. The number of aryl methyl sites for hydroxylation is 2. The van der Waals surface area contributed by atoms with Gasteiger partial charge < -0.3 is 14.8 Å². The highest BCUT2D eigenvalue weighted by molar-refractivity contribution is 5.91. The molecule has 0 saturated carbocycles. The summed E-state index contributed by atoms with van der Waals surface area (Å²) in [6.07, 6.45) is 1.74. The zero-order valence-corrected chi connectivity index (χ0v) is 19.2. The lowest BCUT2D eigenvalue weighted by atomic mass is 10.2. The van der Waals surface area contributed by atoms with Gasteiger partial charge in [0.25, 0.3) is 0 Å². The summed E-state index contributed by atoms with van der Waals surface area (Å²) in [5, 5.41) is 8.03. The Labute approximate surface area is 192 Å². The maximum atomic E-state index is 13.4. The second kappa shape index (κ2) is 9.82. The molecule has 7 nitrogen and oxygen atoms in total. The summed E-state index contributed by atoms with van der Waals surface area (Å²) in [6, 6.07) is 11.7. The van der Waals surface area contributed by atoms with Gasteiger partial charge in [0, 0.05) is 24.4 Å². The lowest BCUT2D eigenvalue weighted by molar-refractivity contribution is 0.355. The monoisotopic (exact) mass is 457 g/mol. The second-order valence-corrected chi connectivity index (χ2v) is 7.11. The number of rotatable bonds is 7. The molecule has 0 amide bonds. The highest BCUT2D eigenvalue weighted by atomic mass is 35.5. The van der Waals surface area contributed by atoms with E-state index in [0.29, 0.717) is 23.1 Å². The molecular weight excluding hydrogens is 433 g/mol. The van der Waals surface area contributed by atoms with E-state index in [0.717, 1.165) is 40.8 Å². The predicted octanol–water partition coefficient (Wildman–Crippen LogP) is 5.30. The average Bonchev–Trinajstić information content (AvgIpc) is 3.10. The van der Waals surface area contributed by atoms with E-state index in [1.807, 2.05) is 25.2 Å². The molecule has 0 aliphatic heterocycles. The largest absolute Gasteiger partial charge is 0.493 e. The first-order chi connectivity index (χ1) is 15.0. The molecule has 0 bridgehead atoms. The Balaban J connectivity index is 0.00000289. The maximum Gasteiger partial charge on any atom is 0.162 e. The minimum Gasteiger partial charge on any atom is -0.493 e.